The Balaban J connectivity index is 1.98. The fraction of sp³-hybridized carbons (Fsp3) is 0.357. The molecule has 0 unspecified atom stereocenters. The van der Waals surface area contributed by atoms with Crippen molar-refractivity contribution in [3.05, 3.63) is 24.5 Å². The van der Waals surface area contributed by atoms with Crippen LogP contribution in [0.25, 0.3) is 10.9 Å². The van der Waals surface area contributed by atoms with Gasteiger partial charge in [0, 0.05) is 38.3 Å². The molecule has 1 fully saturated rings. The minimum atomic E-state index is 0.148. The lowest BCUT2D eigenvalue weighted by Gasteiger charge is -2.33. The molecule has 1 amide bonds. The quantitative estimate of drug-likeness (QED) is 0.881. The molecule has 6 heteroatoms. The van der Waals surface area contributed by atoms with Crippen molar-refractivity contribution in [2.75, 3.05) is 43.9 Å². The van der Waals surface area contributed by atoms with E-state index in [1.807, 2.05) is 32.3 Å². The summed E-state index contributed by atoms with van der Waals surface area (Å²) in [4.78, 5) is 24.1. The fourth-order valence-electron chi connectivity index (χ4n) is 2.42. The molecule has 2 aromatic rings. The highest BCUT2D eigenvalue weighted by atomic mass is 16.2. The lowest BCUT2D eigenvalue weighted by molar-refractivity contribution is -0.129. The molecule has 0 radical (unpaired) electrons. The van der Waals surface area contributed by atoms with Gasteiger partial charge in [0.15, 0.2) is 0 Å². The zero-order valence-electron chi connectivity index (χ0n) is 11.6. The number of hydrogen-bond acceptors (Lipinski definition) is 5. The lowest BCUT2D eigenvalue weighted by Crippen LogP contribution is -2.48. The summed E-state index contributed by atoms with van der Waals surface area (Å²) in [6.07, 6.45) is 1.55. The van der Waals surface area contributed by atoms with E-state index >= 15 is 0 Å². The molecular formula is C14H17N5O. The molecule has 0 saturated carbocycles. The van der Waals surface area contributed by atoms with Crippen LogP contribution >= 0.6 is 0 Å². The van der Waals surface area contributed by atoms with Gasteiger partial charge in [0.05, 0.1) is 12.1 Å². The average molecular weight is 271 g/mol. The molecule has 6 nitrogen and oxygen atoms in total. The molecular weight excluding hydrogens is 254 g/mol. The Bertz CT molecular complexity index is 657. The molecule has 1 aromatic heterocycles. The van der Waals surface area contributed by atoms with Crippen molar-refractivity contribution in [2.24, 2.45) is 0 Å². The summed E-state index contributed by atoms with van der Waals surface area (Å²) in [6.45, 7) is 2.02. The molecule has 0 atom stereocenters. The van der Waals surface area contributed by atoms with Crippen molar-refractivity contribution in [1.82, 2.24) is 14.9 Å². The molecule has 104 valence electrons. The molecule has 1 N–H and O–H groups in total. The summed E-state index contributed by atoms with van der Waals surface area (Å²) >= 11 is 0. The topological polar surface area (TPSA) is 61.4 Å². The number of hydrogen-bond donors (Lipinski definition) is 1. The molecule has 1 saturated heterocycles. The normalized spacial score (nSPS) is 15.8. The average Bonchev–Trinajstić information content (AvgIpc) is 2.49. The Kier molecular flexibility index (Phi) is 3.14. The van der Waals surface area contributed by atoms with Crippen LogP contribution in [-0.4, -0.2) is 54.5 Å². The number of rotatable bonds is 2. The first-order valence-corrected chi connectivity index (χ1v) is 6.60. The first-order valence-electron chi connectivity index (χ1n) is 6.60. The van der Waals surface area contributed by atoms with E-state index in [1.54, 1.807) is 11.2 Å². The van der Waals surface area contributed by atoms with Crippen LogP contribution in [-0.2, 0) is 4.79 Å². The third-order valence-electron chi connectivity index (χ3n) is 3.68. The smallest absolute Gasteiger partial charge is 0.241 e. The van der Waals surface area contributed by atoms with Gasteiger partial charge in [-0.05, 0) is 18.2 Å². The minimum absolute atomic E-state index is 0.148. The van der Waals surface area contributed by atoms with E-state index in [0.29, 0.717) is 6.54 Å². The van der Waals surface area contributed by atoms with E-state index in [0.717, 1.165) is 35.5 Å². The van der Waals surface area contributed by atoms with Crippen molar-refractivity contribution in [3.63, 3.8) is 0 Å². The maximum atomic E-state index is 11.8. The van der Waals surface area contributed by atoms with Gasteiger partial charge in [0.2, 0.25) is 5.91 Å². The van der Waals surface area contributed by atoms with Gasteiger partial charge in [-0.2, -0.15) is 0 Å². The SMILES string of the molecule is CNc1ncnc2ccc(N3CCN(C)C(=O)C3)cc12. The number of nitrogens with zero attached hydrogens (tertiary/aromatic N) is 4. The van der Waals surface area contributed by atoms with Crippen LogP contribution in [0.5, 0.6) is 0 Å². The summed E-state index contributed by atoms with van der Waals surface area (Å²) < 4.78 is 0. The largest absolute Gasteiger partial charge is 0.373 e. The highest BCUT2D eigenvalue weighted by Crippen LogP contribution is 2.25. The summed E-state index contributed by atoms with van der Waals surface area (Å²) in [5.74, 6) is 0.951. The lowest BCUT2D eigenvalue weighted by atomic mass is 10.1. The van der Waals surface area contributed by atoms with Gasteiger partial charge in [-0.15, -0.1) is 0 Å². The third-order valence-corrected chi connectivity index (χ3v) is 3.68. The Morgan fingerprint density at radius 1 is 1.25 bits per heavy atom. The number of likely N-dealkylation sites (N-methyl/N-ethyl adjacent to an activating group) is 1. The van der Waals surface area contributed by atoms with Crippen LogP contribution in [0.1, 0.15) is 0 Å². The van der Waals surface area contributed by atoms with E-state index in [1.165, 1.54) is 0 Å². The van der Waals surface area contributed by atoms with Crippen molar-refractivity contribution >= 4 is 28.3 Å². The van der Waals surface area contributed by atoms with Gasteiger partial charge in [-0.3, -0.25) is 4.79 Å². The Labute approximate surface area is 117 Å². The number of amides is 1. The predicted molar refractivity (Wildman–Crippen MR) is 78.9 cm³/mol. The van der Waals surface area contributed by atoms with Crippen LogP contribution in [0.4, 0.5) is 11.5 Å². The van der Waals surface area contributed by atoms with Gasteiger partial charge >= 0.3 is 0 Å². The monoisotopic (exact) mass is 271 g/mol. The molecule has 0 spiro atoms. The molecule has 1 aromatic carbocycles. The summed E-state index contributed by atoms with van der Waals surface area (Å²) in [7, 11) is 3.68. The highest BCUT2D eigenvalue weighted by molar-refractivity contribution is 5.92. The number of benzene rings is 1. The molecule has 1 aliphatic rings. The van der Waals surface area contributed by atoms with E-state index < -0.39 is 0 Å². The Hall–Kier alpha value is -2.37. The summed E-state index contributed by atoms with van der Waals surface area (Å²) in [5, 5.41) is 4.04. The standard InChI is InChI=1S/C14H17N5O/c1-15-14-11-7-10(3-4-12(11)16-9-17-14)19-6-5-18(2)13(20)8-19/h3-4,7,9H,5-6,8H2,1-2H3,(H,15,16,17). The second-order valence-electron chi connectivity index (χ2n) is 4.91. The maximum Gasteiger partial charge on any atom is 0.241 e. The van der Waals surface area contributed by atoms with Gasteiger partial charge in [-0.25, -0.2) is 9.97 Å². The van der Waals surface area contributed by atoms with Crippen LogP contribution in [0.3, 0.4) is 0 Å². The number of anilines is 2. The summed E-state index contributed by atoms with van der Waals surface area (Å²) in [5.41, 5.74) is 1.93. The van der Waals surface area contributed by atoms with E-state index in [9.17, 15) is 4.79 Å². The second kappa shape index (κ2) is 4.96. The number of fused-ring (bicyclic) bond motifs is 1. The fourth-order valence-corrected chi connectivity index (χ4v) is 2.42. The van der Waals surface area contributed by atoms with E-state index in [-0.39, 0.29) is 5.91 Å². The van der Waals surface area contributed by atoms with E-state index in [2.05, 4.69) is 20.2 Å². The van der Waals surface area contributed by atoms with Gasteiger partial charge in [0.1, 0.15) is 12.1 Å². The second-order valence-corrected chi connectivity index (χ2v) is 4.91. The maximum absolute atomic E-state index is 11.8. The molecule has 0 bridgehead atoms. The molecule has 2 heterocycles. The van der Waals surface area contributed by atoms with Crippen LogP contribution in [0.15, 0.2) is 24.5 Å². The van der Waals surface area contributed by atoms with Crippen LogP contribution in [0, 0.1) is 0 Å². The first-order chi connectivity index (χ1) is 9.69. The minimum Gasteiger partial charge on any atom is -0.373 e. The van der Waals surface area contributed by atoms with Crippen molar-refractivity contribution in [3.8, 4) is 0 Å². The molecule has 0 aliphatic carbocycles. The van der Waals surface area contributed by atoms with Crippen molar-refractivity contribution in [2.45, 2.75) is 0 Å². The van der Waals surface area contributed by atoms with Gasteiger partial charge in [0.25, 0.3) is 0 Å². The number of carbonyl (C=O) groups excluding carboxylic acids is 1. The molecule has 1 aliphatic heterocycles. The number of piperazine rings is 1. The van der Waals surface area contributed by atoms with Crippen molar-refractivity contribution in [1.29, 1.82) is 0 Å². The van der Waals surface area contributed by atoms with Gasteiger partial charge < -0.3 is 15.1 Å². The molecule has 3 rings (SSSR count). The number of aromatic nitrogens is 2. The van der Waals surface area contributed by atoms with Gasteiger partial charge in [-0.1, -0.05) is 0 Å². The zero-order valence-corrected chi connectivity index (χ0v) is 11.6. The van der Waals surface area contributed by atoms with Crippen molar-refractivity contribution < 1.29 is 4.79 Å². The Morgan fingerprint density at radius 3 is 2.85 bits per heavy atom. The zero-order chi connectivity index (χ0) is 14.1. The summed E-state index contributed by atoms with van der Waals surface area (Å²) in [6, 6.07) is 6.02. The van der Waals surface area contributed by atoms with Crippen LogP contribution in [0.2, 0.25) is 0 Å². The predicted octanol–water partition coefficient (Wildman–Crippen LogP) is 0.950. The highest BCUT2D eigenvalue weighted by Gasteiger charge is 2.21. The number of carbonyl (C=O) groups is 1. The Morgan fingerprint density at radius 2 is 2.10 bits per heavy atom. The van der Waals surface area contributed by atoms with E-state index in [4.69, 9.17) is 0 Å². The van der Waals surface area contributed by atoms with Crippen LogP contribution < -0.4 is 10.2 Å². The first kappa shape index (κ1) is 12.7. The molecule has 20 heavy (non-hydrogen) atoms. The third kappa shape index (κ3) is 2.13. The number of nitrogens with one attached hydrogen (secondary N) is 1.